The van der Waals surface area contributed by atoms with Crippen molar-refractivity contribution < 1.29 is 19.5 Å². The van der Waals surface area contributed by atoms with Gasteiger partial charge in [0, 0.05) is 25.2 Å². The maximum Gasteiger partial charge on any atom is 0.335 e. The zero-order valence-electron chi connectivity index (χ0n) is 12.8. The van der Waals surface area contributed by atoms with E-state index in [-0.39, 0.29) is 17.0 Å². The number of carbonyl (C=O) groups excluding carboxylic acids is 2. The molecule has 9 nitrogen and oxygen atoms in total. The van der Waals surface area contributed by atoms with E-state index in [4.69, 9.17) is 5.11 Å². The average Bonchev–Trinajstić information content (AvgIpc) is 3.14. The van der Waals surface area contributed by atoms with Gasteiger partial charge in [0.1, 0.15) is 5.82 Å². The summed E-state index contributed by atoms with van der Waals surface area (Å²) < 4.78 is 1.62. The van der Waals surface area contributed by atoms with Crippen LogP contribution < -0.4 is 15.5 Å². The van der Waals surface area contributed by atoms with Crippen LogP contribution in [0.1, 0.15) is 20.7 Å². The molecule has 0 unspecified atom stereocenters. The largest absolute Gasteiger partial charge is 0.478 e. The molecule has 0 spiro atoms. The van der Waals surface area contributed by atoms with Gasteiger partial charge in [-0.3, -0.25) is 15.0 Å². The van der Waals surface area contributed by atoms with Gasteiger partial charge in [0.05, 0.1) is 12.1 Å². The minimum Gasteiger partial charge on any atom is -0.478 e. The number of hydrogen-bond acceptors (Lipinski definition) is 4. The average molecular weight is 329 g/mol. The quantitative estimate of drug-likeness (QED) is 0.776. The maximum atomic E-state index is 12.7. The molecule has 2 aromatic rings. The number of anilines is 2. The third kappa shape index (κ3) is 2.78. The van der Waals surface area contributed by atoms with Crippen molar-refractivity contribution in [3.8, 4) is 0 Å². The van der Waals surface area contributed by atoms with E-state index in [0.717, 1.165) is 0 Å². The van der Waals surface area contributed by atoms with E-state index >= 15 is 0 Å². The minimum absolute atomic E-state index is 0.0514. The summed E-state index contributed by atoms with van der Waals surface area (Å²) in [5, 5.41) is 18.2. The number of amides is 3. The number of nitrogens with one attached hydrogen (secondary N) is 2. The predicted molar refractivity (Wildman–Crippen MR) is 85.4 cm³/mol. The van der Waals surface area contributed by atoms with Crippen LogP contribution in [0, 0.1) is 0 Å². The number of nitrogens with zero attached hydrogens (tertiary/aromatic N) is 3. The van der Waals surface area contributed by atoms with E-state index in [1.165, 1.54) is 30.1 Å². The summed E-state index contributed by atoms with van der Waals surface area (Å²) >= 11 is 0. The van der Waals surface area contributed by atoms with Crippen LogP contribution in [-0.2, 0) is 6.54 Å². The Labute approximate surface area is 136 Å². The molecule has 9 heteroatoms. The molecular formula is C15H15N5O4. The van der Waals surface area contributed by atoms with Crippen LogP contribution in [-0.4, -0.2) is 46.4 Å². The highest BCUT2D eigenvalue weighted by Gasteiger charge is 2.28. The molecule has 3 amide bonds. The van der Waals surface area contributed by atoms with Crippen LogP contribution in [0.3, 0.4) is 0 Å². The number of aromatic carboxylic acids is 1. The molecule has 0 aliphatic carbocycles. The summed E-state index contributed by atoms with van der Waals surface area (Å²) in [6.45, 7) is 0.924. The highest BCUT2D eigenvalue weighted by atomic mass is 16.4. The minimum atomic E-state index is -1.09. The Hall–Kier alpha value is -3.36. The fourth-order valence-corrected chi connectivity index (χ4v) is 2.48. The zero-order valence-corrected chi connectivity index (χ0v) is 12.8. The van der Waals surface area contributed by atoms with Crippen molar-refractivity contribution in [1.82, 2.24) is 15.1 Å². The summed E-state index contributed by atoms with van der Waals surface area (Å²) in [6, 6.07) is 7.06. The third-order valence-corrected chi connectivity index (χ3v) is 3.64. The van der Waals surface area contributed by atoms with Crippen molar-refractivity contribution in [2.75, 3.05) is 23.8 Å². The Kier molecular flexibility index (Phi) is 3.90. The number of hydrogen-bond donors (Lipinski definition) is 3. The molecule has 0 fully saturated rings. The molecule has 124 valence electrons. The number of benzene rings is 1. The molecule has 0 radical (unpaired) electrons. The Morgan fingerprint density at radius 1 is 1.17 bits per heavy atom. The molecule has 1 aromatic carbocycles. The summed E-state index contributed by atoms with van der Waals surface area (Å²) in [4.78, 5) is 36.6. The lowest BCUT2D eigenvalue weighted by molar-refractivity contribution is 0.0697. The highest BCUT2D eigenvalue weighted by Crippen LogP contribution is 2.26. The number of carboxylic acids is 1. The zero-order chi connectivity index (χ0) is 17.3. The number of urea groups is 1. The van der Waals surface area contributed by atoms with Crippen LogP contribution >= 0.6 is 0 Å². The fourth-order valence-electron chi connectivity index (χ4n) is 2.48. The Balaban J connectivity index is 1.85. The second-order valence-electron chi connectivity index (χ2n) is 5.16. The Bertz CT molecular complexity index is 829. The molecular weight excluding hydrogens is 314 g/mol. The van der Waals surface area contributed by atoms with E-state index in [1.807, 2.05) is 0 Å². The van der Waals surface area contributed by atoms with Crippen LogP contribution in [0.15, 0.2) is 30.3 Å². The van der Waals surface area contributed by atoms with E-state index in [9.17, 15) is 14.4 Å². The van der Waals surface area contributed by atoms with Gasteiger partial charge in [0.25, 0.3) is 5.91 Å². The Morgan fingerprint density at radius 3 is 2.62 bits per heavy atom. The first kappa shape index (κ1) is 15.5. The van der Waals surface area contributed by atoms with Gasteiger partial charge in [-0.15, -0.1) is 0 Å². The number of carboxylic acid groups (broad SMARTS) is 1. The van der Waals surface area contributed by atoms with Crippen LogP contribution in [0.4, 0.5) is 16.4 Å². The number of carbonyl (C=O) groups is 3. The molecule has 1 aromatic heterocycles. The van der Waals surface area contributed by atoms with Crippen molar-refractivity contribution in [3.63, 3.8) is 0 Å². The van der Waals surface area contributed by atoms with Crippen LogP contribution in [0.5, 0.6) is 0 Å². The van der Waals surface area contributed by atoms with Gasteiger partial charge >= 0.3 is 12.0 Å². The van der Waals surface area contributed by atoms with Gasteiger partial charge in [-0.2, -0.15) is 5.10 Å². The van der Waals surface area contributed by atoms with Crippen molar-refractivity contribution in [3.05, 3.63) is 41.5 Å². The van der Waals surface area contributed by atoms with Gasteiger partial charge in [-0.1, -0.05) is 6.07 Å². The van der Waals surface area contributed by atoms with Crippen LogP contribution in [0.2, 0.25) is 0 Å². The van der Waals surface area contributed by atoms with Crippen molar-refractivity contribution >= 4 is 29.5 Å². The molecule has 0 bridgehead atoms. The Morgan fingerprint density at radius 2 is 1.92 bits per heavy atom. The summed E-state index contributed by atoms with van der Waals surface area (Å²) in [5.41, 5.74) is 0.334. The lowest BCUT2D eigenvalue weighted by Crippen LogP contribution is -2.29. The second kappa shape index (κ2) is 6.03. The van der Waals surface area contributed by atoms with Gasteiger partial charge in [0.2, 0.25) is 0 Å². The molecule has 24 heavy (non-hydrogen) atoms. The standard InChI is InChI=1S/C15H15N5O4/c1-16-15(24)17-11-8-12-19(5-6-20(12)18-11)13(21)9-3-2-4-10(7-9)14(22)23/h2-4,7-8H,5-6H2,1H3,(H,22,23)(H2,16,17,18,24). The van der Waals surface area contributed by atoms with E-state index < -0.39 is 12.0 Å². The predicted octanol–water partition coefficient (Wildman–Crippen LogP) is 0.993. The van der Waals surface area contributed by atoms with Gasteiger partial charge in [0.15, 0.2) is 5.82 Å². The monoisotopic (exact) mass is 329 g/mol. The first-order valence-electron chi connectivity index (χ1n) is 7.21. The first-order valence-corrected chi connectivity index (χ1v) is 7.21. The molecule has 2 heterocycles. The van der Waals surface area contributed by atoms with Crippen molar-refractivity contribution in [2.24, 2.45) is 0 Å². The first-order chi connectivity index (χ1) is 11.5. The normalized spacial score (nSPS) is 12.6. The lowest BCUT2D eigenvalue weighted by atomic mass is 10.1. The lowest BCUT2D eigenvalue weighted by Gasteiger charge is -2.15. The number of fused-ring (bicyclic) bond motifs is 1. The molecule has 0 saturated heterocycles. The van der Waals surface area contributed by atoms with E-state index in [1.54, 1.807) is 16.8 Å². The highest BCUT2D eigenvalue weighted by molar-refractivity contribution is 6.07. The molecule has 1 aliphatic rings. The molecule has 3 rings (SSSR count). The topological polar surface area (TPSA) is 117 Å². The van der Waals surface area contributed by atoms with E-state index in [2.05, 4.69) is 15.7 Å². The second-order valence-corrected chi connectivity index (χ2v) is 5.16. The van der Waals surface area contributed by atoms with Crippen molar-refractivity contribution in [1.29, 1.82) is 0 Å². The molecule has 0 saturated carbocycles. The SMILES string of the molecule is CNC(=O)Nc1cc2n(n1)CCN2C(=O)c1cccc(C(=O)O)c1. The van der Waals surface area contributed by atoms with Gasteiger partial charge in [-0.05, 0) is 18.2 Å². The number of aromatic nitrogens is 2. The smallest absolute Gasteiger partial charge is 0.335 e. The molecule has 3 N–H and O–H groups in total. The molecule has 0 atom stereocenters. The molecule has 1 aliphatic heterocycles. The summed E-state index contributed by atoms with van der Waals surface area (Å²) in [6.07, 6.45) is 0. The van der Waals surface area contributed by atoms with Crippen molar-refractivity contribution in [2.45, 2.75) is 6.54 Å². The number of rotatable bonds is 3. The van der Waals surface area contributed by atoms with E-state index in [0.29, 0.717) is 24.7 Å². The van der Waals surface area contributed by atoms with Gasteiger partial charge in [-0.25, -0.2) is 14.3 Å². The van der Waals surface area contributed by atoms with Crippen LogP contribution in [0.25, 0.3) is 0 Å². The fraction of sp³-hybridized carbons (Fsp3) is 0.200. The summed E-state index contributed by atoms with van der Waals surface area (Å²) in [5.74, 6) is -0.523. The third-order valence-electron chi connectivity index (χ3n) is 3.64. The maximum absolute atomic E-state index is 12.7. The van der Waals surface area contributed by atoms with Gasteiger partial charge < -0.3 is 10.4 Å². The summed E-state index contributed by atoms with van der Waals surface area (Å²) in [7, 11) is 1.49.